The zero-order chi connectivity index (χ0) is 21.7. The van der Waals surface area contributed by atoms with Crippen molar-refractivity contribution in [2.45, 2.75) is 85.2 Å². The van der Waals surface area contributed by atoms with E-state index in [4.69, 9.17) is 8.85 Å². The average Bonchev–Trinajstić information content (AvgIpc) is 2.79. The minimum absolute atomic E-state index is 0.186. The second-order valence-corrected chi connectivity index (χ2v) is 11.5. The summed E-state index contributed by atoms with van der Waals surface area (Å²) in [5.74, 6) is 0.455. The highest BCUT2D eigenvalue weighted by Gasteiger charge is 2.44. The van der Waals surface area contributed by atoms with Gasteiger partial charge in [0.2, 0.25) is 0 Å². The molecule has 0 heterocycles. The minimum atomic E-state index is -2.78. The SMILES string of the molecule is CCCCCCCCCO[Si](OC(CC)C(C)C)(c1ccccc1)c1ccccc1. The molecule has 0 spiro atoms. The zero-order valence-corrected chi connectivity index (χ0v) is 20.6. The van der Waals surface area contributed by atoms with Crippen LogP contribution < -0.4 is 10.4 Å². The van der Waals surface area contributed by atoms with Crippen molar-refractivity contribution >= 4 is 18.9 Å². The monoisotopic (exact) mass is 426 g/mol. The van der Waals surface area contributed by atoms with Gasteiger partial charge >= 0.3 is 8.56 Å². The van der Waals surface area contributed by atoms with Gasteiger partial charge in [-0.2, -0.15) is 0 Å². The molecule has 0 saturated carbocycles. The molecule has 0 radical (unpaired) electrons. The Morgan fingerprint density at radius 2 is 1.20 bits per heavy atom. The van der Waals surface area contributed by atoms with Gasteiger partial charge in [-0.25, -0.2) is 0 Å². The van der Waals surface area contributed by atoms with Gasteiger partial charge in [-0.15, -0.1) is 0 Å². The van der Waals surface area contributed by atoms with Gasteiger partial charge < -0.3 is 8.85 Å². The van der Waals surface area contributed by atoms with Crippen molar-refractivity contribution in [1.82, 2.24) is 0 Å². The van der Waals surface area contributed by atoms with Crippen LogP contribution in [0.15, 0.2) is 60.7 Å². The fraction of sp³-hybridized carbons (Fsp3) is 0.556. The summed E-state index contributed by atoms with van der Waals surface area (Å²) in [5, 5.41) is 2.41. The maximum absolute atomic E-state index is 7.00. The highest BCUT2D eigenvalue weighted by atomic mass is 28.4. The molecule has 1 unspecified atom stereocenters. The van der Waals surface area contributed by atoms with E-state index in [1.54, 1.807) is 0 Å². The first-order valence-corrected chi connectivity index (χ1v) is 13.9. The molecule has 166 valence electrons. The summed E-state index contributed by atoms with van der Waals surface area (Å²) >= 11 is 0. The van der Waals surface area contributed by atoms with Crippen molar-refractivity contribution < 1.29 is 8.85 Å². The van der Waals surface area contributed by atoms with Crippen molar-refractivity contribution in [2.75, 3.05) is 6.61 Å². The highest BCUT2D eigenvalue weighted by molar-refractivity contribution is 6.92. The first-order chi connectivity index (χ1) is 14.6. The van der Waals surface area contributed by atoms with Gasteiger partial charge in [0.25, 0.3) is 0 Å². The van der Waals surface area contributed by atoms with Gasteiger partial charge in [0, 0.05) is 12.7 Å². The number of rotatable bonds is 15. The van der Waals surface area contributed by atoms with E-state index in [2.05, 4.69) is 88.4 Å². The lowest BCUT2D eigenvalue weighted by molar-refractivity contribution is 0.0936. The first-order valence-electron chi connectivity index (χ1n) is 12.1. The molecule has 30 heavy (non-hydrogen) atoms. The summed E-state index contributed by atoms with van der Waals surface area (Å²) < 4.78 is 13.8. The van der Waals surface area contributed by atoms with E-state index < -0.39 is 8.56 Å². The van der Waals surface area contributed by atoms with Crippen LogP contribution in [0.4, 0.5) is 0 Å². The Hall–Kier alpha value is -1.42. The van der Waals surface area contributed by atoms with E-state index in [9.17, 15) is 0 Å². The molecule has 0 N–H and O–H groups in total. The van der Waals surface area contributed by atoms with Crippen LogP contribution in [0, 0.1) is 5.92 Å². The Bertz CT molecular complexity index is 632. The third-order valence-corrected chi connectivity index (χ3v) is 9.26. The van der Waals surface area contributed by atoms with Crippen molar-refractivity contribution in [3.8, 4) is 0 Å². The Kier molecular flexibility index (Phi) is 11.4. The molecule has 0 fully saturated rings. The molecule has 2 rings (SSSR count). The molecule has 0 saturated heterocycles. The molecule has 0 aliphatic carbocycles. The molecule has 0 aliphatic heterocycles. The molecule has 1 atom stereocenters. The standard InChI is InChI=1S/C27H42O2Si/c1-5-7-8-9-10-11-18-23-28-30(25-19-14-12-15-20-25,26-21-16-13-17-22-26)29-27(6-2)24(3)4/h12-17,19-22,24,27H,5-11,18,23H2,1-4H3. The molecular formula is C27H42O2Si. The van der Waals surface area contributed by atoms with Gasteiger partial charge in [0.1, 0.15) is 0 Å². The lowest BCUT2D eigenvalue weighted by atomic mass is 10.1. The predicted octanol–water partition coefficient (Wildman–Crippen LogP) is 6.46. The van der Waals surface area contributed by atoms with Gasteiger partial charge in [-0.1, -0.05) is 127 Å². The topological polar surface area (TPSA) is 18.5 Å². The Labute approximate surface area is 186 Å². The number of hydrogen-bond donors (Lipinski definition) is 0. The largest absolute Gasteiger partial charge is 0.407 e. The second-order valence-electron chi connectivity index (χ2n) is 8.63. The maximum atomic E-state index is 7.00. The van der Waals surface area contributed by atoms with Crippen LogP contribution in [0.5, 0.6) is 0 Å². The molecule has 0 amide bonds. The van der Waals surface area contributed by atoms with Crippen molar-refractivity contribution in [2.24, 2.45) is 5.92 Å². The number of hydrogen-bond acceptors (Lipinski definition) is 2. The smallest absolute Gasteiger partial charge is 0.388 e. The van der Waals surface area contributed by atoms with Crippen LogP contribution in [0.25, 0.3) is 0 Å². The summed E-state index contributed by atoms with van der Waals surface area (Å²) in [4.78, 5) is 0. The first kappa shape index (κ1) is 24.8. The zero-order valence-electron chi connectivity index (χ0n) is 19.6. The maximum Gasteiger partial charge on any atom is 0.407 e. The van der Waals surface area contributed by atoms with Gasteiger partial charge in [-0.3, -0.25) is 0 Å². The fourth-order valence-corrected chi connectivity index (χ4v) is 7.56. The summed E-state index contributed by atoms with van der Waals surface area (Å²) in [6.45, 7) is 9.75. The Morgan fingerprint density at radius 1 is 0.700 bits per heavy atom. The summed E-state index contributed by atoms with van der Waals surface area (Å²) in [5.41, 5.74) is 0. The number of unbranched alkanes of at least 4 members (excludes halogenated alkanes) is 6. The molecule has 0 aromatic heterocycles. The van der Waals surface area contributed by atoms with Crippen LogP contribution in [0.2, 0.25) is 0 Å². The Morgan fingerprint density at radius 3 is 1.67 bits per heavy atom. The molecule has 0 aliphatic rings. The molecular weight excluding hydrogens is 384 g/mol. The van der Waals surface area contributed by atoms with Gasteiger partial charge in [0.15, 0.2) is 0 Å². The second kappa shape index (κ2) is 13.8. The van der Waals surface area contributed by atoms with Crippen molar-refractivity contribution in [3.05, 3.63) is 60.7 Å². The van der Waals surface area contributed by atoms with Crippen LogP contribution in [0.1, 0.15) is 79.1 Å². The fourth-order valence-electron chi connectivity index (χ4n) is 4.00. The average molecular weight is 427 g/mol. The van der Waals surface area contributed by atoms with Crippen molar-refractivity contribution in [3.63, 3.8) is 0 Å². The van der Waals surface area contributed by atoms with Crippen LogP contribution in [-0.2, 0) is 8.85 Å². The lowest BCUT2D eigenvalue weighted by Gasteiger charge is -2.36. The third-order valence-electron chi connectivity index (χ3n) is 5.82. The van der Waals surface area contributed by atoms with Crippen LogP contribution in [0.3, 0.4) is 0 Å². The lowest BCUT2D eigenvalue weighted by Crippen LogP contribution is -2.65. The predicted molar refractivity (Wildman–Crippen MR) is 132 cm³/mol. The van der Waals surface area contributed by atoms with E-state index >= 15 is 0 Å². The van der Waals surface area contributed by atoms with E-state index in [0.29, 0.717) is 5.92 Å². The third kappa shape index (κ3) is 7.37. The van der Waals surface area contributed by atoms with Crippen LogP contribution in [-0.4, -0.2) is 21.3 Å². The molecule has 2 aromatic carbocycles. The molecule has 2 aromatic rings. The highest BCUT2D eigenvalue weighted by Crippen LogP contribution is 2.20. The van der Waals surface area contributed by atoms with E-state index in [1.807, 2.05) is 0 Å². The van der Waals surface area contributed by atoms with Crippen molar-refractivity contribution in [1.29, 1.82) is 0 Å². The summed E-state index contributed by atoms with van der Waals surface area (Å²) in [7, 11) is -2.78. The molecule has 3 heteroatoms. The molecule has 0 bridgehead atoms. The summed E-state index contributed by atoms with van der Waals surface area (Å²) in [6.07, 6.45) is 10.2. The van der Waals surface area contributed by atoms with Gasteiger partial charge in [-0.05, 0) is 29.1 Å². The van der Waals surface area contributed by atoms with E-state index in [-0.39, 0.29) is 6.10 Å². The van der Waals surface area contributed by atoms with Crippen LogP contribution >= 0.6 is 0 Å². The van der Waals surface area contributed by atoms with E-state index in [0.717, 1.165) is 19.4 Å². The minimum Gasteiger partial charge on any atom is -0.388 e. The van der Waals surface area contributed by atoms with E-state index in [1.165, 1.54) is 48.9 Å². The Balaban J connectivity index is 2.21. The van der Waals surface area contributed by atoms with Gasteiger partial charge in [0.05, 0.1) is 0 Å². The quantitative estimate of drug-likeness (QED) is 0.240. The molecule has 2 nitrogen and oxygen atoms in total. The number of benzene rings is 2. The summed E-state index contributed by atoms with van der Waals surface area (Å²) in [6, 6.07) is 21.3. The normalized spacial score (nSPS) is 13.0.